The molecule has 0 spiro atoms. The molecule has 3 heteroatoms. The highest BCUT2D eigenvalue weighted by molar-refractivity contribution is 6.20. The minimum Gasteiger partial charge on any atom is -0.269 e. The van der Waals surface area contributed by atoms with Gasteiger partial charge in [0.05, 0.1) is 11.1 Å². The lowest BCUT2D eigenvalue weighted by Gasteiger charge is -2.08. The number of aromatic nitrogens is 2. The molecule has 0 aliphatic carbocycles. The van der Waals surface area contributed by atoms with E-state index in [9.17, 15) is 0 Å². The number of unbranched alkanes of at least 4 members (excludes halogenated alkanes) is 4. The van der Waals surface area contributed by atoms with Crippen molar-refractivity contribution in [2.24, 2.45) is 0 Å². The summed E-state index contributed by atoms with van der Waals surface area (Å²) in [5.41, 5.74) is 3.60. The molecule has 0 aliphatic rings. The lowest BCUT2D eigenvalue weighted by Crippen LogP contribution is -2.03. The highest BCUT2D eigenvalue weighted by atomic mass is 35.5. The van der Waals surface area contributed by atoms with E-state index in [1.807, 2.05) is 0 Å². The fraction of sp³-hybridized carbons (Fsp3) is 0.800. The van der Waals surface area contributed by atoms with Crippen LogP contribution in [0.3, 0.4) is 0 Å². The molecule has 1 heterocycles. The quantitative estimate of drug-likeness (QED) is 0.471. The van der Waals surface area contributed by atoms with Crippen molar-refractivity contribution in [3.63, 3.8) is 0 Å². The Morgan fingerprint density at radius 1 is 1.11 bits per heavy atom. The summed E-state index contributed by atoms with van der Waals surface area (Å²) in [5.74, 6) is 0. The number of hydrogen-bond donors (Lipinski definition) is 0. The largest absolute Gasteiger partial charge is 0.269 e. The van der Waals surface area contributed by atoms with Gasteiger partial charge >= 0.3 is 0 Å². The summed E-state index contributed by atoms with van der Waals surface area (Å²) in [4.78, 5) is 0. The van der Waals surface area contributed by atoms with Crippen molar-refractivity contribution in [1.29, 1.82) is 0 Å². The van der Waals surface area contributed by atoms with Gasteiger partial charge in [-0.05, 0) is 26.7 Å². The summed E-state index contributed by atoms with van der Waals surface area (Å²) in [5, 5.41) is 4.74. The Labute approximate surface area is 117 Å². The van der Waals surface area contributed by atoms with Crippen LogP contribution < -0.4 is 0 Å². The normalized spacial score (nSPS) is 12.9. The van der Waals surface area contributed by atoms with Gasteiger partial charge in [-0.3, -0.25) is 4.68 Å². The van der Waals surface area contributed by atoms with Crippen LogP contribution in [0, 0.1) is 13.8 Å². The highest BCUT2D eigenvalue weighted by Crippen LogP contribution is 2.29. The first kappa shape index (κ1) is 15.6. The highest BCUT2D eigenvalue weighted by Gasteiger charge is 2.17. The predicted octanol–water partition coefficient (Wildman–Crippen LogP) is 5.16. The molecule has 1 aromatic heterocycles. The van der Waals surface area contributed by atoms with Crippen LogP contribution in [0.25, 0.3) is 0 Å². The molecular weight excluding hydrogens is 244 g/mol. The second-order valence-electron chi connectivity index (χ2n) is 5.10. The molecule has 0 saturated carbocycles. The molecule has 0 fully saturated rings. The van der Waals surface area contributed by atoms with Crippen LogP contribution in [0.5, 0.6) is 0 Å². The Balaban J connectivity index is 2.57. The molecule has 0 N–H and O–H groups in total. The van der Waals surface area contributed by atoms with Crippen molar-refractivity contribution in [2.75, 3.05) is 0 Å². The molecule has 1 atom stereocenters. The van der Waals surface area contributed by atoms with E-state index >= 15 is 0 Å². The van der Waals surface area contributed by atoms with Crippen molar-refractivity contribution < 1.29 is 0 Å². The van der Waals surface area contributed by atoms with Gasteiger partial charge in [-0.1, -0.05) is 39.5 Å². The molecule has 0 bridgehead atoms. The standard InChI is InChI=1S/C15H27ClN2/c1-5-7-8-9-10-11-18-13(4)15(12(3)17-18)14(16)6-2/h14H,5-11H2,1-4H3. The maximum absolute atomic E-state index is 6.36. The monoisotopic (exact) mass is 270 g/mol. The van der Waals surface area contributed by atoms with Crippen LogP contribution in [0.4, 0.5) is 0 Å². The van der Waals surface area contributed by atoms with Gasteiger partial charge in [0.15, 0.2) is 0 Å². The van der Waals surface area contributed by atoms with Crippen LogP contribution in [-0.2, 0) is 6.54 Å². The maximum atomic E-state index is 6.36. The molecule has 0 radical (unpaired) electrons. The van der Waals surface area contributed by atoms with Gasteiger partial charge in [-0.25, -0.2) is 0 Å². The lowest BCUT2D eigenvalue weighted by atomic mass is 10.1. The Morgan fingerprint density at radius 2 is 1.78 bits per heavy atom. The number of rotatable bonds is 8. The Kier molecular flexibility index (Phi) is 6.77. The third-order valence-corrected chi connectivity index (χ3v) is 4.11. The molecule has 2 nitrogen and oxygen atoms in total. The smallest absolute Gasteiger partial charge is 0.0643 e. The van der Waals surface area contributed by atoms with Crippen molar-refractivity contribution >= 4 is 11.6 Å². The molecule has 0 amide bonds. The van der Waals surface area contributed by atoms with Gasteiger partial charge in [0.25, 0.3) is 0 Å². The third kappa shape index (κ3) is 4.01. The van der Waals surface area contributed by atoms with Crippen molar-refractivity contribution in [1.82, 2.24) is 9.78 Å². The zero-order chi connectivity index (χ0) is 13.5. The molecule has 1 aromatic rings. The predicted molar refractivity (Wildman–Crippen MR) is 79.3 cm³/mol. The topological polar surface area (TPSA) is 17.8 Å². The number of nitrogens with zero attached hydrogens (tertiary/aromatic N) is 2. The summed E-state index contributed by atoms with van der Waals surface area (Å²) in [6, 6.07) is 0. The molecule has 1 rings (SSSR count). The fourth-order valence-electron chi connectivity index (χ4n) is 2.45. The van der Waals surface area contributed by atoms with E-state index < -0.39 is 0 Å². The summed E-state index contributed by atoms with van der Waals surface area (Å²) >= 11 is 6.36. The van der Waals surface area contributed by atoms with Crippen molar-refractivity contribution in [2.45, 2.75) is 78.1 Å². The Morgan fingerprint density at radius 3 is 2.39 bits per heavy atom. The van der Waals surface area contributed by atoms with Crippen LogP contribution in [0.2, 0.25) is 0 Å². The molecule has 18 heavy (non-hydrogen) atoms. The minimum atomic E-state index is 0.110. The van der Waals surface area contributed by atoms with Gasteiger partial charge in [-0.15, -0.1) is 11.6 Å². The number of alkyl halides is 1. The van der Waals surface area contributed by atoms with E-state index in [4.69, 9.17) is 11.6 Å². The van der Waals surface area contributed by atoms with Crippen molar-refractivity contribution in [3.05, 3.63) is 17.0 Å². The van der Waals surface area contributed by atoms with E-state index in [0.717, 1.165) is 18.7 Å². The first-order valence-corrected chi connectivity index (χ1v) is 7.73. The lowest BCUT2D eigenvalue weighted by molar-refractivity contribution is 0.522. The Bertz CT molecular complexity index is 358. The second-order valence-corrected chi connectivity index (χ2v) is 5.62. The molecule has 1 unspecified atom stereocenters. The number of hydrogen-bond acceptors (Lipinski definition) is 1. The summed E-state index contributed by atoms with van der Waals surface area (Å²) in [6.45, 7) is 9.62. The zero-order valence-corrected chi connectivity index (χ0v) is 13.1. The van der Waals surface area contributed by atoms with Gasteiger partial charge in [0.2, 0.25) is 0 Å². The Hall–Kier alpha value is -0.500. The van der Waals surface area contributed by atoms with Crippen LogP contribution >= 0.6 is 11.6 Å². The van der Waals surface area contributed by atoms with E-state index in [-0.39, 0.29) is 5.38 Å². The van der Waals surface area contributed by atoms with Crippen LogP contribution in [0.15, 0.2) is 0 Å². The molecule has 0 aliphatic heterocycles. The SMILES string of the molecule is CCCCCCCn1nc(C)c(C(Cl)CC)c1C. The fourth-order valence-corrected chi connectivity index (χ4v) is 2.77. The van der Waals surface area contributed by atoms with Gasteiger partial charge in [-0.2, -0.15) is 5.10 Å². The molecule has 0 aromatic carbocycles. The average molecular weight is 271 g/mol. The van der Waals surface area contributed by atoms with E-state index in [1.54, 1.807) is 0 Å². The summed E-state index contributed by atoms with van der Waals surface area (Å²) in [6.07, 6.45) is 7.48. The first-order valence-electron chi connectivity index (χ1n) is 7.29. The van der Waals surface area contributed by atoms with E-state index in [0.29, 0.717) is 0 Å². The third-order valence-electron chi connectivity index (χ3n) is 3.58. The summed E-state index contributed by atoms with van der Waals surface area (Å²) < 4.78 is 2.14. The van der Waals surface area contributed by atoms with E-state index in [1.165, 1.54) is 43.4 Å². The first-order chi connectivity index (χ1) is 8.61. The number of aryl methyl sites for hydroxylation is 2. The molecule has 0 saturated heterocycles. The van der Waals surface area contributed by atoms with Crippen LogP contribution in [-0.4, -0.2) is 9.78 Å². The maximum Gasteiger partial charge on any atom is 0.0643 e. The molecule has 104 valence electrons. The van der Waals surface area contributed by atoms with Crippen molar-refractivity contribution in [3.8, 4) is 0 Å². The zero-order valence-electron chi connectivity index (χ0n) is 12.3. The average Bonchev–Trinajstić information content (AvgIpc) is 2.63. The van der Waals surface area contributed by atoms with Crippen LogP contribution in [0.1, 0.15) is 74.7 Å². The van der Waals surface area contributed by atoms with Gasteiger partial charge in [0, 0.05) is 17.8 Å². The minimum absolute atomic E-state index is 0.110. The molecular formula is C15H27ClN2. The van der Waals surface area contributed by atoms with E-state index in [2.05, 4.69) is 37.5 Å². The van der Waals surface area contributed by atoms with Gasteiger partial charge in [0.1, 0.15) is 0 Å². The second kappa shape index (κ2) is 7.83. The van der Waals surface area contributed by atoms with Gasteiger partial charge < -0.3 is 0 Å². The summed E-state index contributed by atoms with van der Waals surface area (Å²) in [7, 11) is 0. The number of halogens is 1.